The standard InChI is InChI=1S/C18H15ClFN3O2/c19-12-5-6-14(21-10-12)17(24)11-4-7-15-13(9-11)18(20)22-23(15)16-3-1-2-8-25-16/h4-7,9-10,16H,1-3,8H2. The van der Waals surface area contributed by atoms with E-state index >= 15 is 0 Å². The summed E-state index contributed by atoms with van der Waals surface area (Å²) in [6.45, 7) is 0.645. The van der Waals surface area contributed by atoms with E-state index in [0.717, 1.165) is 19.3 Å². The fourth-order valence-corrected chi connectivity index (χ4v) is 3.15. The summed E-state index contributed by atoms with van der Waals surface area (Å²) in [5.41, 5.74) is 1.22. The Kier molecular flexibility index (Phi) is 4.23. The second kappa shape index (κ2) is 6.54. The molecule has 0 N–H and O–H groups in total. The lowest BCUT2D eigenvalue weighted by atomic mass is 10.1. The lowest BCUT2D eigenvalue weighted by Gasteiger charge is -2.23. The first-order valence-corrected chi connectivity index (χ1v) is 8.47. The van der Waals surface area contributed by atoms with Crippen molar-refractivity contribution < 1.29 is 13.9 Å². The van der Waals surface area contributed by atoms with Crippen molar-refractivity contribution in [2.24, 2.45) is 0 Å². The Hall–Kier alpha value is -2.31. The SMILES string of the molecule is O=C(c1ccc2c(c1)c(F)nn2C1CCCCO1)c1ccc(Cl)cn1. The molecule has 1 unspecified atom stereocenters. The number of pyridine rings is 1. The van der Waals surface area contributed by atoms with E-state index in [4.69, 9.17) is 16.3 Å². The number of ketones is 1. The molecule has 0 bridgehead atoms. The maximum Gasteiger partial charge on any atom is 0.240 e. The van der Waals surface area contributed by atoms with Crippen molar-refractivity contribution in [2.75, 3.05) is 6.61 Å². The zero-order valence-corrected chi connectivity index (χ0v) is 14.0. The highest BCUT2D eigenvalue weighted by Crippen LogP contribution is 2.28. The van der Waals surface area contributed by atoms with Gasteiger partial charge in [0.25, 0.3) is 0 Å². The lowest BCUT2D eigenvalue weighted by molar-refractivity contribution is -0.0375. The van der Waals surface area contributed by atoms with Crippen LogP contribution in [0.25, 0.3) is 10.9 Å². The summed E-state index contributed by atoms with van der Waals surface area (Å²) < 4.78 is 21.6. The van der Waals surface area contributed by atoms with Crippen molar-refractivity contribution in [3.63, 3.8) is 0 Å². The second-order valence-electron chi connectivity index (χ2n) is 5.98. The van der Waals surface area contributed by atoms with Gasteiger partial charge in [-0.25, -0.2) is 4.68 Å². The average molecular weight is 360 g/mol. The number of rotatable bonds is 3. The normalized spacial score (nSPS) is 17.8. The van der Waals surface area contributed by atoms with Gasteiger partial charge in [0.15, 0.2) is 6.23 Å². The van der Waals surface area contributed by atoms with Crippen molar-refractivity contribution in [3.8, 4) is 0 Å². The Morgan fingerprint density at radius 3 is 2.88 bits per heavy atom. The van der Waals surface area contributed by atoms with Crippen LogP contribution in [-0.2, 0) is 4.74 Å². The van der Waals surface area contributed by atoms with Gasteiger partial charge in [-0.1, -0.05) is 11.6 Å². The summed E-state index contributed by atoms with van der Waals surface area (Å²) >= 11 is 5.79. The number of ether oxygens (including phenoxy) is 1. The Bertz CT molecular complexity index is 933. The molecule has 7 heteroatoms. The van der Waals surface area contributed by atoms with E-state index in [1.807, 2.05) is 0 Å². The number of nitrogens with zero attached hydrogens (tertiary/aromatic N) is 3. The van der Waals surface area contributed by atoms with Gasteiger partial charge >= 0.3 is 0 Å². The minimum Gasteiger partial charge on any atom is -0.356 e. The van der Waals surface area contributed by atoms with Crippen LogP contribution in [-0.4, -0.2) is 27.2 Å². The molecule has 25 heavy (non-hydrogen) atoms. The van der Waals surface area contributed by atoms with Gasteiger partial charge in [-0.15, -0.1) is 5.10 Å². The number of aromatic nitrogens is 3. The van der Waals surface area contributed by atoms with Gasteiger partial charge in [-0.2, -0.15) is 4.39 Å². The molecule has 3 aromatic rings. The first-order valence-electron chi connectivity index (χ1n) is 8.09. The predicted molar refractivity (Wildman–Crippen MR) is 91.2 cm³/mol. The molecule has 0 radical (unpaired) electrons. The van der Waals surface area contributed by atoms with Crippen LogP contribution in [0.15, 0.2) is 36.5 Å². The average Bonchev–Trinajstić information content (AvgIpc) is 2.99. The second-order valence-corrected chi connectivity index (χ2v) is 6.42. The van der Waals surface area contributed by atoms with Gasteiger partial charge in [-0.05, 0) is 49.6 Å². The quantitative estimate of drug-likeness (QED) is 0.659. The number of carbonyl (C=O) groups excluding carboxylic acids is 1. The van der Waals surface area contributed by atoms with Gasteiger partial charge in [0, 0.05) is 18.4 Å². The number of hydrogen-bond acceptors (Lipinski definition) is 4. The number of hydrogen-bond donors (Lipinski definition) is 0. The molecule has 1 aliphatic heterocycles. The van der Waals surface area contributed by atoms with Crippen LogP contribution in [0.2, 0.25) is 5.02 Å². The van der Waals surface area contributed by atoms with E-state index in [1.54, 1.807) is 28.9 Å². The van der Waals surface area contributed by atoms with Gasteiger partial charge < -0.3 is 4.74 Å². The van der Waals surface area contributed by atoms with Gasteiger partial charge in [-0.3, -0.25) is 9.78 Å². The van der Waals surface area contributed by atoms with E-state index in [-0.39, 0.29) is 17.7 Å². The van der Waals surface area contributed by atoms with Crippen molar-refractivity contribution in [1.29, 1.82) is 0 Å². The van der Waals surface area contributed by atoms with Gasteiger partial charge in [0.1, 0.15) is 5.69 Å². The first-order chi connectivity index (χ1) is 12.1. The zero-order chi connectivity index (χ0) is 17.4. The van der Waals surface area contributed by atoms with Crippen molar-refractivity contribution in [3.05, 3.63) is 58.8 Å². The smallest absolute Gasteiger partial charge is 0.240 e. The van der Waals surface area contributed by atoms with Crippen LogP contribution in [0.5, 0.6) is 0 Å². The molecule has 2 aromatic heterocycles. The largest absolute Gasteiger partial charge is 0.356 e. The Morgan fingerprint density at radius 2 is 2.16 bits per heavy atom. The molecule has 0 amide bonds. The minimum atomic E-state index is -0.608. The highest BCUT2D eigenvalue weighted by Gasteiger charge is 2.22. The summed E-state index contributed by atoms with van der Waals surface area (Å²) in [6.07, 6.45) is 3.97. The lowest BCUT2D eigenvalue weighted by Crippen LogP contribution is -2.19. The Balaban J connectivity index is 1.72. The van der Waals surface area contributed by atoms with Crippen LogP contribution in [0.4, 0.5) is 4.39 Å². The molecule has 1 fully saturated rings. The molecule has 128 valence electrons. The molecule has 0 saturated carbocycles. The molecule has 4 rings (SSSR count). The van der Waals surface area contributed by atoms with Gasteiger partial charge in [0.2, 0.25) is 11.7 Å². The van der Waals surface area contributed by atoms with Crippen molar-refractivity contribution >= 4 is 28.3 Å². The van der Waals surface area contributed by atoms with E-state index < -0.39 is 5.95 Å². The molecular weight excluding hydrogens is 345 g/mol. The molecular formula is C18H15ClFN3O2. The maximum absolute atomic E-state index is 14.3. The third-order valence-corrected chi connectivity index (χ3v) is 4.54. The maximum atomic E-state index is 14.3. The number of halogens is 2. The highest BCUT2D eigenvalue weighted by molar-refractivity contribution is 6.30. The first kappa shape index (κ1) is 16.2. The number of carbonyl (C=O) groups is 1. The summed E-state index contributed by atoms with van der Waals surface area (Å²) in [5, 5.41) is 4.73. The third-order valence-electron chi connectivity index (χ3n) is 4.31. The van der Waals surface area contributed by atoms with Crippen molar-refractivity contribution in [2.45, 2.75) is 25.5 Å². The summed E-state index contributed by atoms with van der Waals surface area (Å²) in [5.74, 6) is -0.900. The van der Waals surface area contributed by atoms with Crippen LogP contribution >= 0.6 is 11.6 Å². The van der Waals surface area contributed by atoms with E-state index in [1.165, 1.54) is 12.3 Å². The molecule has 0 aliphatic carbocycles. The molecule has 3 heterocycles. The van der Waals surface area contributed by atoms with Crippen LogP contribution in [0.3, 0.4) is 0 Å². The van der Waals surface area contributed by atoms with Gasteiger partial charge in [0.05, 0.1) is 15.9 Å². The molecule has 0 spiro atoms. The zero-order valence-electron chi connectivity index (χ0n) is 13.3. The van der Waals surface area contributed by atoms with Crippen LogP contribution < -0.4 is 0 Å². The summed E-state index contributed by atoms with van der Waals surface area (Å²) in [4.78, 5) is 16.6. The highest BCUT2D eigenvalue weighted by atomic mass is 35.5. The fourth-order valence-electron chi connectivity index (χ4n) is 3.04. The Labute approximate surface area is 148 Å². The number of fused-ring (bicyclic) bond motifs is 1. The molecule has 5 nitrogen and oxygen atoms in total. The van der Waals surface area contributed by atoms with Crippen LogP contribution in [0.1, 0.15) is 41.5 Å². The summed E-state index contributed by atoms with van der Waals surface area (Å²) in [6, 6.07) is 8.01. The van der Waals surface area contributed by atoms with Crippen LogP contribution in [0, 0.1) is 5.95 Å². The molecule has 1 aliphatic rings. The molecule has 1 aromatic carbocycles. The number of benzene rings is 1. The van der Waals surface area contributed by atoms with E-state index in [0.29, 0.717) is 28.1 Å². The molecule has 1 atom stereocenters. The fraction of sp³-hybridized carbons (Fsp3) is 0.278. The van der Waals surface area contributed by atoms with Crippen molar-refractivity contribution in [1.82, 2.24) is 14.8 Å². The third kappa shape index (κ3) is 3.03. The monoisotopic (exact) mass is 359 g/mol. The van der Waals surface area contributed by atoms with E-state index in [2.05, 4.69) is 10.1 Å². The minimum absolute atomic E-state index is 0.257. The summed E-state index contributed by atoms with van der Waals surface area (Å²) in [7, 11) is 0. The Morgan fingerprint density at radius 1 is 1.28 bits per heavy atom. The van der Waals surface area contributed by atoms with E-state index in [9.17, 15) is 9.18 Å². The predicted octanol–water partition coefficient (Wildman–Crippen LogP) is 4.15. The topological polar surface area (TPSA) is 57.0 Å². The molecule has 1 saturated heterocycles.